The van der Waals surface area contributed by atoms with Gasteiger partial charge in [0, 0.05) is 17.8 Å². The number of rotatable bonds is 2. The molecular formula is C12H9ClFN3O. The van der Waals surface area contributed by atoms with Crippen LogP contribution in [0.4, 0.5) is 10.1 Å². The number of aryl methyl sites for hydroxylation is 1. The molecule has 2 aromatic rings. The summed E-state index contributed by atoms with van der Waals surface area (Å²) in [6.07, 6.45) is 1.23. The van der Waals surface area contributed by atoms with E-state index in [1.807, 2.05) is 0 Å². The third-order valence-corrected chi connectivity index (χ3v) is 2.50. The Hall–Kier alpha value is -2.01. The first kappa shape index (κ1) is 12.4. The minimum absolute atomic E-state index is 0.192. The number of anilines is 1. The van der Waals surface area contributed by atoms with Crippen molar-refractivity contribution in [1.29, 1.82) is 0 Å². The number of carbonyl (C=O) groups is 1. The fourth-order valence-electron chi connectivity index (χ4n) is 1.40. The van der Waals surface area contributed by atoms with E-state index in [4.69, 9.17) is 11.6 Å². The highest BCUT2D eigenvalue weighted by Gasteiger charge is 2.09. The molecule has 0 aromatic carbocycles. The molecule has 0 aliphatic rings. The molecule has 0 unspecified atom stereocenters. The smallest absolute Gasteiger partial charge is 0.255 e. The Balaban J connectivity index is 2.21. The summed E-state index contributed by atoms with van der Waals surface area (Å²) in [7, 11) is 0. The summed E-state index contributed by atoms with van der Waals surface area (Å²) in [5, 5.41) is 2.97. The summed E-state index contributed by atoms with van der Waals surface area (Å²) in [6.45, 7) is 1.72. The second kappa shape index (κ2) is 5.10. The highest BCUT2D eigenvalue weighted by molar-refractivity contribution is 6.29. The predicted molar refractivity (Wildman–Crippen MR) is 66.1 cm³/mol. The molecule has 1 N–H and O–H groups in total. The van der Waals surface area contributed by atoms with Crippen LogP contribution in [0.25, 0.3) is 0 Å². The third kappa shape index (κ3) is 2.81. The SMILES string of the molecule is Cc1nc(Cl)ccc1NC(=O)c1ccnc(F)c1. The van der Waals surface area contributed by atoms with Crippen molar-refractivity contribution in [1.82, 2.24) is 9.97 Å². The van der Waals surface area contributed by atoms with Crippen molar-refractivity contribution in [2.45, 2.75) is 6.92 Å². The van der Waals surface area contributed by atoms with E-state index in [0.717, 1.165) is 6.07 Å². The molecule has 2 heterocycles. The van der Waals surface area contributed by atoms with Crippen LogP contribution in [0.3, 0.4) is 0 Å². The molecule has 18 heavy (non-hydrogen) atoms. The number of nitrogens with zero attached hydrogens (tertiary/aromatic N) is 2. The number of halogens is 2. The van der Waals surface area contributed by atoms with Crippen molar-refractivity contribution in [3.05, 3.63) is 52.8 Å². The van der Waals surface area contributed by atoms with Crippen LogP contribution >= 0.6 is 11.6 Å². The van der Waals surface area contributed by atoms with Crippen LogP contribution in [-0.2, 0) is 0 Å². The summed E-state index contributed by atoms with van der Waals surface area (Å²) in [5.74, 6) is -1.13. The normalized spacial score (nSPS) is 10.2. The minimum atomic E-state index is -0.700. The van der Waals surface area contributed by atoms with Gasteiger partial charge in [-0.2, -0.15) is 4.39 Å². The molecule has 92 valence electrons. The van der Waals surface area contributed by atoms with E-state index in [1.54, 1.807) is 19.1 Å². The lowest BCUT2D eigenvalue weighted by Gasteiger charge is -2.07. The van der Waals surface area contributed by atoms with Gasteiger partial charge in [-0.25, -0.2) is 9.97 Å². The van der Waals surface area contributed by atoms with E-state index in [0.29, 0.717) is 16.5 Å². The van der Waals surface area contributed by atoms with Crippen molar-refractivity contribution in [3.8, 4) is 0 Å². The first-order valence-electron chi connectivity index (χ1n) is 5.12. The lowest BCUT2D eigenvalue weighted by atomic mass is 10.2. The molecule has 4 nitrogen and oxygen atoms in total. The van der Waals surface area contributed by atoms with Crippen LogP contribution in [0.15, 0.2) is 30.5 Å². The average Bonchev–Trinajstić information content (AvgIpc) is 2.32. The molecule has 2 aromatic heterocycles. The number of hydrogen-bond donors (Lipinski definition) is 1. The van der Waals surface area contributed by atoms with Crippen LogP contribution in [-0.4, -0.2) is 15.9 Å². The van der Waals surface area contributed by atoms with Gasteiger partial charge in [0.1, 0.15) is 5.15 Å². The lowest BCUT2D eigenvalue weighted by molar-refractivity contribution is 0.102. The van der Waals surface area contributed by atoms with Gasteiger partial charge in [0.25, 0.3) is 5.91 Å². The Morgan fingerprint density at radius 2 is 2.17 bits per heavy atom. The van der Waals surface area contributed by atoms with Gasteiger partial charge in [-0.3, -0.25) is 4.79 Å². The molecule has 0 saturated carbocycles. The molecular weight excluding hydrogens is 257 g/mol. The van der Waals surface area contributed by atoms with E-state index >= 15 is 0 Å². The van der Waals surface area contributed by atoms with E-state index in [-0.39, 0.29) is 5.56 Å². The first-order valence-corrected chi connectivity index (χ1v) is 5.50. The van der Waals surface area contributed by atoms with Gasteiger partial charge in [0.15, 0.2) is 0 Å². The van der Waals surface area contributed by atoms with Crippen molar-refractivity contribution in [3.63, 3.8) is 0 Å². The molecule has 6 heteroatoms. The first-order chi connectivity index (χ1) is 8.56. The fourth-order valence-corrected chi connectivity index (χ4v) is 1.59. The van der Waals surface area contributed by atoms with Gasteiger partial charge in [-0.1, -0.05) is 11.6 Å². The Bertz CT molecular complexity index is 604. The van der Waals surface area contributed by atoms with Crippen molar-refractivity contribution < 1.29 is 9.18 Å². The van der Waals surface area contributed by atoms with Gasteiger partial charge >= 0.3 is 0 Å². The topological polar surface area (TPSA) is 54.9 Å². The molecule has 0 bridgehead atoms. The van der Waals surface area contributed by atoms with Crippen LogP contribution in [0, 0.1) is 12.9 Å². The molecule has 0 aliphatic carbocycles. The zero-order chi connectivity index (χ0) is 13.1. The number of nitrogens with one attached hydrogen (secondary N) is 1. The van der Waals surface area contributed by atoms with E-state index in [2.05, 4.69) is 15.3 Å². The average molecular weight is 266 g/mol. The summed E-state index contributed by atoms with van der Waals surface area (Å²) >= 11 is 5.71. The molecule has 2 rings (SSSR count). The van der Waals surface area contributed by atoms with Crippen molar-refractivity contribution in [2.24, 2.45) is 0 Å². The zero-order valence-electron chi connectivity index (χ0n) is 9.45. The van der Waals surface area contributed by atoms with Gasteiger partial charge in [-0.15, -0.1) is 0 Å². The van der Waals surface area contributed by atoms with Gasteiger partial charge < -0.3 is 5.32 Å². The van der Waals surface area contributed by atoms with Crippen LogP contribution in [0.2, 0.25) is 5.15 Å². The molecule has 0 atom stereocenters. The van der Waals surface area contributed by atoms with E-state index in [9.17, 15) is 9.18 Å². The highest BCUT2D eigenvalue weighted by Crippen LogP contribution is 2.16. The molecule has 1 amide bonds. The number of hydrogen-bond acceptors (Lipinski definition) is 3. The Morgan fingerprint density at radius 3 is 2.83 bits per heavy atom. The molecule has 0 fully saturated rings. The third-order valence-electron chi connectivity index (χ3n) is 2.29. The summed E-state index contributed by atoms with van der Waals surface area (Å²) in [6, 6.07) is 5.70. The van der Waals surface area contributed by atoms with E-state index < -0.39 is 11.9 Å². The number of carbonyl (C=O) groups excluding carboxylic acids is 1. The molecule has 0 radical (unpaired) electrons. The van der Waals surface area contributed by atoms with Crippen LogP contribution < -0.4 is 5.32 Å². The number of amides is 1. The summed E-state index contributed by atoms with van der Waals surface area (Å²) < 4.78 is 12.9. The summed E-state index contributed by atoms with van der Waals surface area (Å²) in [5.41, 5.74) is 1.31. The van der Waals surface area contributed by atoms with Crippen LogP contribution in [0.1, 0.15) is 16.1 Å². The maximum Gasteiger partial charge on any atom is 0.255 e. The fraction of sp³-hybridized carbons (Fsp3) is 0.0833. The second-order valence-corrected chi connectivity index (χ2v) is 3.98. The molecule has 0 spiro atoms. The minimum Gasteiger partial charge on any atom is -0.320 e. The van der Waals surface area contributed by atoms with Crippen molar-refractivity contribution >= 4 is 23.2 Å². The lowest BCUT2D eigenvalue weighted by Crippen LogP contribution is -2.13. The monoisotopic (exact) mass is 265 g/mol. The van der Waals surface area contributed by atoms with E-state index in [1.165, 1.54) is 12.3 Å². The van der Waals surface area contributed by atoms with Gasteiger partial charge in [-0.05, 0) is 25.1 Å². The zero-order valence-corrected chi connectivity index (χ0v) is 10.2. The van der Waals surface area contributed by atoms with Crippen molar-refractivity contribution in [2.75, 3.05) is 5.32 Å². The van der Waals surface area contributed by atoms with Gasteiger partial charge in [0.2, 0.25) is 5.95 Å². The van der Waals surface area contributed by atoms with Crippen LogP contribution in [0.5, 0.6) is 0 Å². The standard InChI is InChI=1S/C12H9ClFN3O/c1-7-9(2-3-10(13)16-7)17-12(18)8-4-5-15-11(14)6-8/h2-6H,1H3,(H,17,18). The highest BCUT2D eigenvalue weighted by atomic mass is 35.5. The maximum absolute atomic E-state index is 12.9. The Labute approximate surface area is 108 Å². The largest absolute Gasteiger partial charge is 0.320 e. The summed E-state index contributed by atoms with van der Waals surface area (Å²) in [4.78, 5) is 19.2. The number of pyridine rings is 2. The van der Waals surface area contributed by atoms with Gasteiger partial charge in [0.05, 0.1) is 11.4 Å². The second-order valence-electron chi connectivity index (χ2n) is 3.59. The molecule has 0 saturated heterocycles. The molecule has 0 aliphatic heterocycles. The Kier molecular flexibility index (Phi) is 3.53. The quantitative estimate of drug-likeness (QED) is 0.850. The Morgan fingerprint density at radius 1 is 1.39 bits per heavy atom. The maximum atomic E-state index is 12.9. The number of aromatic nitrogens is 2. The predicted octanol–water partition coefficient (Wildman–Crippen LogP) is 2.83.